The summed E-state index contributed by atoms with van der Waals surface area (Å²) in [5.74, 6) is -0.989. The molecular weight excluding hydrogens is 174 g/mol. The summed E-state index contributed by atoms with van der Waals surface area (Å²) in [6.45, 7) is 1.64. The molecule has 1 rings (SSSR count). The van der Waals surface area contributed by atoms with Crippen molar-refractivity contribution in [3.63, 3.8) is 0 Å². The van der Waals surface area contributed by atoms with Crippen LogP contribution in [0.25, 0.3) is 0 Å². The molecule has 6 nitrogen and oxygen atoms in total. The first-order valence-electron chi connectivity index (χ1n) is 3.96. The van der Waals surface area contributed by atoms with Gasteiger partial charge in [-0.15, -0.1) is 0 Å². The maximum Gasteiger partial charge on any atom is 0.325 e. The molecule has 0 aromatic heterocycles. The van der Waals surface area contributed by atoms with E-state index in [2.05, 4.69) is 5.32 Å². The van der Waals surface area contributed by atoms with Gasteiger partial charge in [-0.1, -0.05) is 6.92 Å². The Morgan fingerprint density at radius 3 is 2.62 bits per heavy atom. The fraction of sp³-hybridized carbons (Fsp3) is 0.571. The Labute approximate surface area is 75.1 Å². The molecule has 72 valence electrons. The van der Waals surface area contributed by atoms with Crippen molar-refractivity contribution in [2.45, 2.75) is 19.4 Å². The molecule has 0 bridgehead atoms. The van der Waals surface area contributed by atoms with Gasteiger partial charge in [0.15, 0.2) is 0 Å². The van der Waals surface area contributed by atoms with Gasteiger partial charge in [0.1, 0.15) is 12.6 Å². The Hall–Kier alpha value is -1.59. The summed E-state index contributed by atoms with van der Waals surface area (Å²) in [6, 6.07) is -1.23. The van der Waals surface area contributed by atoms with Crippen LogP contribution < -0.4 is 11.1 Å². The van der Waals surface area contributed by atoms with Gasteiger partial charge in [-0.05, 0) is 6.42 Å². The third-order valence-corrected chi connectivity index (χ3v) is 1.91. The van der Waals surface area contributed by atoms with E-state index in [0.29, 0.717) is 6.42 Å². The van der Waals surface area contributed by atoms with Crippen molar-refractivity contribution in [2.24, 2.45) is 5.73 Å². The highest BCUT2D eigenvalue weighted by Crippen LogP contribution is 2.07. The maximum atomic E-state index is 11.1. The second-order valence-corrected chi connectivity index (χ2v) is 2.81. The van der Waals surface area contributed by atoms with Crippen LogP contribution in [0.15, 0.2) is 0 Å². The van der Waals surface area contributed by atoms with Crippen LogP contribution >= 0.6 is 0 Å². The van der Waals surface area contributed by atoms with E-state index < -0.39 is 23.9 Å². The third-order valence-electron chi connectivity index (χ3n) is 1.91. The van der Waals surface area contributed by atoms with E-state index >= 15 is 0 Å². The predicted molar refractivity (Wildman–Crippen MR) is 43.5 cm³/mol. The van der Waals surface area contributed by atoms with E-state index in [4.69, 9.17) is 5.73 Å². The standard InChI is InChI=1S/C7H11N3O3/c1-2-4(6(8)12)10-3-5(11)9-7(10)13/h4H,2-3H2,1H3,(H2,8,12)(H,9,11,13). The minimum atomic E-state index is -0.688. The third kappa shape index (κ3) is 1.77. The number of urea groups is 1. The van der Waals surface area contributed by atoms with E-state index in [1.54, 1.807) is 6.92 Å². The number of nitrogens with one attached hydrogen (secondary N) is 1. The molecule has 6 heteroatoms. The molecule has 3 N–H and O–H groups in total. The summed E-state index contributed by atoms with van der Waals surface area (Å²) in [5.41, 5.74) is 5.06. The second kappa shape index (κ2) is 3.42. The summed E-state index contributed by atoms with van der Waals surface area (Å²) in [4.78, 5) is 33.9. The maximum absolute atomic E-state index is 11.1. The quantitative estimate of drug-likeness (QED) is 0.541. The van der Waals surface area contributed by atoms with E-state index in [1.165, 1.54) is 0 Å². The van der Waals surface area contributed by atoms with Gasteiger partial charge in [0, 0.05) is 0 Å². The van der Waals surface area contributed by atoms with Crippen LogP contribution in [0.1, 0.15) is 13.3 Å². The van der Waals surface area contributed by atoms with Gasteiger partial charge >= 0.3 is 6.03 Å². The van der Waals surface area contributed by atoms with Crippen LogP contribution in [0.3, 0.4) is 0 Å². The molecule has 1 fully saturated rings. The SMILES string of the molecule is CCC(C(N)=O)N1CC(=O)NC1=O. The number of hydrogen-bond acceptors (Lipinski definition) is 3. The number of carbonyl (C=O) groups excluding carboxylic acids is 3. The van der Waals surface area contributed by atoms with Crippen molar-refractivity contribution in [1.29, 1.82) is 0 Å². The molecule has 0 radical (unpaired) electrons. The highest BCUT2D eigenvalue weighted by molar-refractivity contribution is 6.03. The smallest absolute Gasteiger partial charge is 0.325 e. The Kier molecular flexibility index (Phi) is 2.50. The number of carbonyl (C=O) groups is 3. The molecule has 1 unspecified atom stereocenters. The summed E-state index contributed by atoms with van der Waals surface area (Å²) in [7, 11) is 0. The number of rotatable bonds is 3. The van der Waals surface area contributed by atoms with E-state index in [1.807, 2.05) is 0 Å². The zero-order chi connectivity index (χ0) is 10.0. The Bertz CT molecular complexity index is 264. The van der Waals surface area contributed by atoms with Crippen LogP contribution in [0.4, 0.5) is 4.79 Å². The van der Waals surface area contributed by atoms with Gasteiger partial charge in [0.25, 0.3) is 0 Å². The number of amides is 4. The van der Waals surface area contributed by atoms with Gasteiger partial charge in [0.05, 0.1) is 0 Å². The lowest BCUT2D eigenvalue weighted by Gasteiger charge is -2.21. The molecule has 0 aromatic rings. The van der Waals surface area contributed by atoms with E-state index in [-0.39, 0.29) is 6.54 Å². The predicted octanol–water partition coefficient (Wildman–Crippen LogP) is -1.20. The van der Waals surface area contributed by atoms with Gasteiger partial charge in [-0.3, -0.25) is 14.9 Å². The first-order chi connectivity index (χ1) is 6.06. The van der Waals surface area contributed by atoms with Crippen LogP contribution in [-0.2, 0) is 9.59 Å². The van der Waals surface area contributed by atoms with Crippen molar-refractivity contribution >= 4 is 17.8 Å². The lowest BCUT2D eigenvalue weighted by atomic mass is 10.2. The second-order valence-electron chi connectivity index (χ2n) is 2.81. The lowest BCUT2D eigenvalue weighted by molar-refractivity contribution is -0.122. The molecular formula is C7H11N3O3. The van der Waals surface area contributed by atoms with Crippen molar-refractivity contribution in [3.8, 4) is 0 Å². The van der Waals surface area contributed by atoms with E-state index in [0.717, 1.165) is 4.90 Å². The van der Waals surface area contributed by atoms with Crippen LogP contribution in [-0.4, -0.2) is 35.3 Å². The zero-order valence-corrected chi connectivity index (χ0v) is 7.24. The Morgan fingerprint density at radius 2 is 2.31 bits per heavy atom. The van der Waals surface area contributed by atoms with Crippen LogP contribution in [0, 0.1) is 0 Å². The van der Waals surface area contributed by atoms with Gasteiger partial charge < -0.3 is 10.6 Å². The molecule has 1 heterocycles. The molecule has 0 saturated carbocycles. The number of nitrogens with zero attached hydrogens (tertiary/aromatic N) is 1. The van der Waals surface area contributed by atoms with Gasteiger partial charge in [-0.2, -0.15) is 0 Å². The molecule has 4 amide bonds. The molecule has 0 spiro atoms. The fourth-order valence-electron chi connectivity index (χ4n) is 1.28. The highest BCUT2D eigenvalue weighted by atomic mass is 16.2. The summed E-state index contributed by atoms with van der Waals surface area (Å²) in [5, 5.41) is 2.08. The Morgan fingerprint density at radius 1 is 1.69 bits per heavy atom. The number of imide groups is 1. The largest absolute Gasteiger partial charge is 0.368 e. The zero-order valence-electron chi connectivity index (χ0n) is 7.24. The van der Waals surface area contributed by atoms with Crippen LogP contribution in [0.5, 0.6) is 0 Å². The molecule has 1 saturated heterocycles. The summed E-state index contributed by atoms with van der Waals surface area (Å²) < 4.78 is 0. The monoisotopic (exact) mass is 185 g/mol. The fourth-order valence-corrected chi connectivity index (χ4v) is 1.28. The van der Waals surface area contributed by atoms with Crippen molar-refractivity contribution in [3.05, 3.63) is 0 Å². The molecule has 0 aromatic carbocycles. The normalized spacial score (nSPS) is 18.7. The summed E-state index contributed by atoms with van der Waals surface area (Å²) >= 11 is 0. The molecule has 13 heavy (non-hydrogen) atoms. The minimum absolute atomic E-state index is 0.0831. The molecule has 1 aliphatic heterocycles. The first kappa shape index (κ1) is 9.50. The number of nitrogens with two attached hydrogens (primary N) is 1. The molecule has 0 aliphatic carbocycles. The van der Waals surface area contributed by atoms with Gasteiger partial charge in [0.2, 0.25) is 11.8 Å². The highest BCUT2D eigenvalue weighted by Gasteiger charge is 2.34. The van der Waals surface area contributed by atoms with Crippen molar-refractivity contribution in [2.75, 3.05) is 6.54 Å². The van der Waals surface area contributed by atoms with Crippen LogP contribution in [0.2, 0.25) is 0 Å². The number of primary amides is 1. The van der Waals surface area contributed by atoms with Crippen molar-refractivity contribution in [1.82, 2.24) is 10.2 Å². The topological polar surface area (TPSA) is 92.5 Å². The number of hydrogen-bond donors (Lipinski definition) is 2. The average Bonchev–Trinajstić information content (AvgIpc) is 2.31. The molecule has 1 atom stereocenters. The van der Waals surface area contributed by atoms with E-state index in [9.17, 15) is 14.4 Å². The molecule has 1 aliphatic rings. The lowest BCUT2D eigenvalue weighted by Crippen LogP contribution is -2.45. The van der Waals surface area contributed by atoms with Gasteiger partial charge in [-0.25, -0.2) is 4.79 Å². The summed E-state index contributed by atoms with van der Waals surface area (Å²) in [6.07, 6.45) is 0.413. The van der Waals surface area contributed by atoms with Crippen molar-refractivity contribution < 1.29 is 14.4 Å². The first-order valence-corrected chi connectivity index (χ1v) is 3.96. The average molecular weight is 185 g/mol. The minimum Gasteiger partial charge on any atom is -0.368 e. The Balaban J connectivity index is 2.75.